The van der Waals surface area contributed by atoms with Gasteiger partial charge in [-0.05, 0) is 28.8 Å². The van der Waals surface area contributed by atoms with Gasteiger partial charge in [0, 0.05) is 51.7 Å². The average Bonchev–Trinajstić information content (AvgIpc) is 3.43. The quantitative estimate of drug-likeness (QED) is 0.208. The number of imidazole rings is 1. The first-order chi connectivity index (χ1) is 18.2. The number of nitrogens with one attached hydrogen (secondary N) is 1. The summed E-state index contributed by atoms with van der Waals surface area (Å²) < 4.78 is 2.27. The SMILES string of the molecule is CN(C)c1ccnc(CNCCc2cn(C(c3ccccc3)(c3ccccc3)c3ccccc3)cn2)c1. The first-order valence-corrected chi connectivity index (χ1v) is 12.7. The van der Waals surface area contributed by atoms with Gasteiger partial charge in [-0.2, -0.15) is 0 Å². The van der Waals surface area contributed by atoms with Gasteiger partial charge < -0.3 is 14.8 Å². The van der Waals surface area contributed by atoms with Crippen molar-refractivity contribution in [1.29, 1.82) is 0 Å². The maximum Gasteiger partial charge on any atom is 0.121 e. The van der Waals surface area contributed by atoms with Crippen LogP contribution in [0.2, 0.25) is 0 Å². The lowest BCUT2D eigenvalue weighted by atomic mass is 9.77. The van der Waals surface area contributed by atoms with Crippen LogP contribution < -0.4 is 10.2 Å². The van der Waals surface area contributed by atoms with Crippen molar-refractivity contribution in [2.24, 2.45) is 0 Å². The molecule has 3 aromatic carbocycles. The molecule has 5 heteroatoms. The van der Waals surface area contributed by atoms with E-state index in [9.17, 15) is 0 Å². The molecule has 0 aliphatic heterocycles. The largest absolute Gasteiger partial charge is 0.378 e. The van der Waals surface area contributed by atoms with Crippen LogP contribution in [0.1, 0.15) is 28.1 Å². The molecule has 5 rings (SSSR count). The predicted octanol–water partition coefficient (Wildman–Crippen LogP) is 5.52. The lowest BCUT2D eigenvalue weighted by Gasteiger charge is -2.37. The summed E-state index contributed by atoms with van der Waals surface area (Å²) in [5.41, 5.74) is 6.30. The zero-order valence-corrected chi connectivity index (χ0v) is 21.5. The van der Waals surface area contributed by atoms with E-state index in [1.807, 2.05) is 32.7 Å². The fraction of sp³-hybridized carbons (Fsp3) is 0.188. The molecule has 0 saturated heterocycles. The summed E-state index contributed by atoms with van der Waals surface area (Å²) in [7, 11) is 4.09. The Morgan fingerprint density at radius 1 is 0.730 bits per heavy atom. The van der Waals surface area contributed by atoms with Crippen molar-refractivity contribution >= 4 is 5.69 Å². The van der Waals surface area contributed by atoms with Crippen molar-refractivity contribution in [2.75, 3.05) is 25.5 Å². The molecule has 0 fully saturated rings. The second kappa shape index (κ2) is 11.2. The molecule has 0 amide bonds. The molecule has 0 saturated carbocycles. The molecule has 0 unspecified atom stereocenters. The third kappa shape index (κ3) is 5.18. The molecule has 0 aliphatic carbocycles. The van der Waals surface area contributed by atoms with Crippen LogP contribution in [0, 0.1) is 0 Å². The van der Waals surface area contributed by atoms with Crippen molar-refractivity contribution in [3.05, 3.63) is 150 Å². The van der Waals surface area contributed by atoms with Gasteiger partial charge in [-0.3, -0.25) is 4.98 Å². The van der Waals surface area contributed by atoms with Crippen LogP contribution in [0.4, 0.5) is 5.69 Å². The van der Waals surface area contributed by atoms with Crippen molar-refractivity contribution in [3.8, 4) is 0 Å². The van der Waals surface area contributed by atoms with Crippen molar-refractivity contribution < 1.29 is 0 Å². The maximum atomic E-state index is 4.84. The first kappa shape index (κ1) is 24.5. The summed E-state index contributed by atoms with van der Waals surface area (Å²) in [6, 6.07) is 36.2. The topological polar surface area (TPSA) is 46.0 Å². The van der Waals surface area contributed by atoms with E-state index in [1.165, 1.54) is 16.7 Å². The Hall–Kier alpha value is -4.22. The van der Waals surface area contributed by atoms with E-state index >= 15 is 0 Å². The number of hydrogen-bond acceptors (Lipinski definition) is 4. The zero-order chi connectivity index (χ0) is 25.5. The van der Waals surface area contributed by atoms with E-state index in [0.29, 0.717) is 0 Å². The van der Waals surface area contributed by atoms with Gasteiger partial charge in [0.25, 0.3) is 0 Å². The molecule has 0 radical (unpaired) electrons. The number of rotatable bonds is 10. The molecule has 2 heterocycles. The van der Waals surface area contributed by atoms with Crippen LogP contribution in [-0.2, 0) is 18.5 Å². The van der Waals surface area contributed by atoms with Crippen LogP contribution in [0.3, 0.4) is 0 Å². The van der Waals surface area contributed by atoms with Crippen LogP contribution in [0.25, 0.3) is 0 Å². The Balaban J connectivity index is 1.43. The van der Waals surface area contributed by atoms with Gasteiger partial charge >= 0.3 is 0 Å². The third-order valence-electron chi connectivity index (χ3n) is 6.78. The average molecular weight is 488 g/mol. The van der Waals surface area contributed by atoms with Crippen LogP contribution >= 0.6 is 0 Å². The van der Waals surface area contributed by atoms with E-state index in [-0.39, 0.29) is 0 Å². The molecule has 37 heavy (non-hydrogen) atoms. The second-order valence-electron chi connectivity index (χ2n) is 9.41. The summed E-state index contributed by atoms with van der Waals surface area (Å²) in [5.74, 6) is 0. The van der Waals surface area contributed by atoms with Crippen LogP contribution in [0.5, 0.6) is 0 Å². The molecular formula is C32H33N5. The fourth-order valence-electron chi connectivity index (χ4n) is 4.93. The molecule has 186 valence electrons. The number of nitrogens with zero attached hydrogens (tertiary/aromatic N) is 4. The van der Waals surface area contributed by atoms with E-state index in [4.69, 9.17) is 4.98 Å². The van der Waals surface area contributed by atoms with Gasteiger partial charge in [0.2, 0.25) is 0 Å². The van der Waals surface area contributed by atoms with Gasteiger partial charge in [0.1, 0.15) is 5.54 Å². The highest BCUT2D eigenvalue weighted by atomic mass is 15.1. The minimum absolute atomic E-state index is 0.529. The van der Waals surface area contributed by atoms with Gasteiger partial charge in [-0.1, -0.05) is 91.0 Å². The molecule has 0 bridgehead atoms. The lowest BCUT2D eigenvalue weighted by molar-refractivity contribution is 0.514. The minimum atomic E-state index is -0.529. The summed E-state index contributed by atoms with van der Waals surface area (Å²) >= 11 is 0. The Bertz CT molecular complexity index is 1300. The van der Waals surface area contributed by atoms with Gasteiger partial charge in [0.15, 0.2) is 0 Å². The molecule has 1 N–H and O–H groups in total. The molecule has 0 spiro atoms. The third-order valence-corrected chi connectivity index (χ3v) is 6.78. The van der Waals surface area contributed by atoms with Crippen molar-refractivity contribution in [3.63, 3.8) is 0 Å². The normalized spacial score (nSPS) is 11.4. The minimum Gasteiger partial charge on any atom is -0.378 e. The lowest BCUT2D eigenvalue weighted by Crippen LogP contribution is -2.37. The number of aromatic nitrogens is 3. The second-order valence-corrected chi connectivity index (χ2v) is 9.41. The van der Waals surface area contributed by atoms with Crippen molar-refractivity contribution in [2.45, 2.75) is 18.5 Å². The highest BCUT2D eigenvalue weighted by molar-refractivity contribution is 5.50. The predicted molar refractivity (Wildman–Crippen MR) is 151 cm³/mol. The number of hydrogen-bond donors (Lipinski definition) is 1. The number of pyridine rings is 1. The Morgan fingerprint density at radius 2 is 1.30 bits per heavy atom. The fourth-order valence-corrected chi connectivity index (χ4v) is 4.93. The van der Waals surface area contributed by atoms with E-state index in [2.05, 4.69) is 123 Å². The van der Waals surface area contributed by atoms with Gasteiger partial charge in [0.05, 0.1) is 17.7 Å². The Labute approximate surface area is 219 Å². The first-order valence-electron chi connectivity index (χ1n) is 12.7. The van der Waals surface area contributed by atoms with Crippen LogP contribution in [-0.4, -0.2) is 35.2 Å². The molecule has 2 aromatic heterocycles. The standard InChI is InChI=1S/C32H33N5/c1-36(2)31-19-21-34-30(22-31)23-33-20-18-29-24-37(25-35-29)32(26-12-6-3-7-13-26,27-14-8-4-9-15-27)28-16-10-5-11-17-28/h3-17,19,21-22,24-25,33H,18,20,23H2,1-2H3. The number of anilines is 1. The summed E-state index contributed by atoms with van der Waals surface area (Å²) in [6.07, 6.45) is 6.86. The summed E-state index contributed by atoms with van der Waals surface area (Å²) in [4.78, 5) is 11.4. The molecule has 0 atom stereocenters. The van der Waals surface area contributed by atoms with Gasteiger partial charge in [-0.25, -0.2) is 4.98 Å². The monoisotopic (exact) mass is 487 g/mol. The van der Waals surface area contributed by atoms with E-state index < -0.39 is 5.54 Å². The molecule has 5 nitrogen and oxygen atoms in total. The van der Waals surface area contributed by atoms with E-state index in [0.717, 1.165) is 36.6 Å². The van der Waals surface area contributed by atoms with Crippen LogP contribution in [0.15, 0.2) is 122 Å². The molecular weight excluding hydrogens is 454 g/mol. The summed E-state index contributed by atoms with van der Waals surface area (Å²) in [6.45, 7) is 1.55. The Kier molecular flexibility index (Phi) is 7.43. The summed E-state index contributed by atoms with van der Waals surface area (Å²) in [5, 5.41) is 3.53. The number of benzene rings is 3. The molecule has 5 aromatic rings. The molecule has 0 aliphatic rings. The van der Waals surface area contributed by atoms with Crippen molar-refractivity contribution in [1.82, 2.24) is 19.9 Å². The highest BCUT2D eigenvalue weighted by Gasteiger charge is 2.38. The zero-order valence-electron chi connectivity index (χ0n) is 21.5. The van der Waals surface area contributed by atoms with Gasteiger partial charge in [-0.15, -0.1) is 0 Å². The smallest absolute Gasteiger partial charge is 0.121 e. The van der Waals surface area contributed by atoms with E-state index in [1.54, 1.807) is 0 Å². The maximum absolute atomic E-state index is 4.84. The Morgan fingerprint density at radius 3 is 1.84 bits per heavy atom. The highest BCUT2D eigenvalue weighted by Crippen LogP contribution is 2.40.